The molecule has 2 heterocycles. The molecule has 1 aromatic heterocycles. The van der Waals surface area contributed by atoms with Gasteiger partial charge in [0.15, 0.2) is 0 Å². The summed E-state index contributed by atoms with van der Waals surface area (Å²) in [4.78, 5) is 4.61. The van der Waals surface area contributed by atoms with Crippen LogP contribution in [0.25, 0.3) is 0 Å². The Morgan fingerprint density at radius 2 is 2.21 bits per heavy atom. The predicted molar refractivity (Wildman–Crippen MR) is 58.6 cm³/mol. The van der Waals surface area contributed by atoms with Gasteiger partial charge in [0.25, 0.3) is 0 Å². The number of aromatic nitrogens is 2. The largest absolute Gasteiger partial charge is 0.355 e. The molecule has 0 aromatic carbocycles. The first-order valence-corrected chi connectivity index (χ1v) is 5.28. The van der Waals surface area contributed by atoms with Gasteiger partial charge in [-0.2, -0.15) is 0 Å². The van der Waals surface area contributed by atoms with Crippen molar-refractivity contribution in [2.75, 3.05) is 11.9 Å². The Morgan fingerprint density at radius 1 is 1.50 bits per heavy atom. The summed E-state index contributed by atoms with van der Waals surface area (Å²) in [6.45, 7) is 11.0. The van der Waals surface area contributed by atoms with E-state index < -0.39 is 0 Å². The summed E-state index contributed by atoms with van der Waals surface area (Å²) in [5.74, 6) is 1.73. The van der Waals surface area contributed by atoms with Crippen molar-refractivity contribution in [1.82, 2.24) is 9.55 Å². The minimum absolute atomic E-state index is 0.148. The van der Waals surface area contributed by atoms with Crippen molar-refractivity contribution in [2.45, 2.75) is 39.7 Å². The number of nitrogens with zero attached hydrogens (tertiary/aromatic N) is 2. The van der Waals surface area contributed by atoms with Crippen LogP contribution in [0.2, 0.25) is 0 Å². The number of imidazole rings is 1. The van der Waals surface area contributed by atoms with Crippen molar-refractivity contribution >= 4 is 5.95 Å². The van der Waals surface area contributed by atoms with Crippen molar-refractivity contribution in [2.24, 2.45) is 5.92 Å². The number of nitrogens with one attached hydrogen (secondary N) is 1. The third kappa shape index (κ3) is 1.63. The number of fused-ring (bicyclic) bond motifs is 1. The van der Waals surface area contributed by atoms with Crippen molar-refractivity contribution in [3.63, 3.8) is 0 Å². The van der Waals surface area contributed by atoms with E-state index in [0.29, 0.717) is 5.92 Å². The first-order chi connectivity index (χ1) is 6.47. The van der Waals surface area contributed by atoms with E-state index in [-0.39, 0.29) is 5.41 Å². The summed E-state index contributed by atoms with van der Waals surface area (Å²) in [5, 5.41) is 3.36. The third-order valence-corrected chi connectivity index (χ3v) is 2.66. The fourth-order valence-corrected chi connectivity index (χ4v) is 1.72. The SMILES string of the molecule is CC1CNc2nc(C(C)(C)C)cn2C1. The van der Waals surface area contributed by atoms with E-state index in [1.807, 2.05) is 0 Å². The lowest BCUT2D eigenvalue weighted by molar-refractivity contribution is 0.476. The lowest BCUT2D eigenvalue weighted by Gasteiger charge is -2.21. The maximum absolute atomic E-state index is 4.61. The van der Waals surface area contributed by atoms with Gasteiger partial charge in [-0.25, -0.2) is 4.98 Å². The number of rotatable bonds is 0. The van der Waals surface area contributed by atoms with Crippen LogP contribution in [0.4, 0.5) is 5.95 Å². The minimum atomic E-state index is 0.148. The second-order valence-corrected chi connectivity index (χ2v) is 5.34. The molecule has 14 heavy (non-hydrogen) atoms. The first kappa shape index (κ1) is 9.56. The molecule has 0 saturated heterocycles. The highest BCUT2D eigenvalue weighted by Crippen LogP contribution is 2.25. The molecule has 78 valence electrons. The second-order valence-electron chi connectivity index (χ2n) is 5.34. The third-order valence-electron chi connectivity index (χ3n) is 2.66. The molecule has 0 radical (unpaired) electrons. The van der Waals surface area contributed by atoms with Gasteiger partial charge in [-0.3, -0.25) is 0 Å². The summed E-state index contributed by atoms with van der Waals surface area (Å²) in [6, 6.07) is 0. The molecule has 0 saturated carbocycles. The zero-order valence-corrected chi connectivity index (χ0v) is 9.46. The molecule has 1 aromatic rings. The predicted octanol–water partition coefficient (Wildman–Crippen LogP) is 2.24. The van der Waals surface area contributed by atoms with E-state index in [1.54, 1.807) is 0 Å². The lowest BCUT2D eigenvalue weighted by Crippen LogP contribution is -2.24. The monoisotopic (exact) mass is 193 g/mol. The molecule has 1 atom stereocenters. The maximum Gasteiger partial charge on any atom is 0.203 e. The normalized spacial score (nSPS) is 21.6. The highest BCUT2D eigenvalue weighted by atomic mass is 15.2. The van der Waals surface area contributed by atoms with Crippen LogP contribution < -0.4 is 5.32 Å². The quantitative estimate of drug-likeness (QED) is 0.685. The molecule has 1 N–H and O–H groups in total. The van der Waals surface area contributed by atoms with E-state index in [9.17, 15) is 0 Å². The molecular weight excluding hydrogens is 174 g/mol. The van der Waals surface area contributed by atoms with E-state index in [4.69, 9.17) is 0 Å². The Morgan fingerprint density at radius 3 is 2.86 bits per heavy atom. The molecule has 0 amide bonds. The Hall–Kier alpha value is -0.990. The van der Waals surface area contributed by atoms with Crippen LogP contribution in [0.3, 0.4) is 0 Å². The molecule has 0 aliphatic carbocycles. The molecule has 3 heteroatoms. The molecule has 1 aliphatic heterocycles. The standard InChI is InChI=1S/C11H19N3/c1-8-5-12-10-13-9(11(2,3)4)7-14(10)6-8/h7-8H,5-6H2,1-4H3,(H,12,13). The first-order valence-electron chi connectivity index (χ1n) is 5.28. The lowest BCUT2D eigenvalue weighted by atomic mass is 9.93. The Bertz CT molecular complexity index is 333. The summed E-state index contributed by atoms with van der Waals surface area (Å²) >= 11 is 0. The maximum atomic E-state index is 4.61. The number of hydrogen-bond donors (Lipinski definition) is 1. The highest BCUT2D eigenvalue weighted by molar-refractivity contribution is 5.33. The average Bonchev–Trinajstić information content (AvgIpc) is 2.45. The van der Waals surface area contributed by atoms with Gasteiger partial charge in [-0.15, -0.1) is 0 Å². The molecule has 0 fully saturated rings. The van der Waals surface area contributed by atoms with E-state index in [0.717, 1.165) is 19.0 Å². The van der Waals surface area contributed by atoms with E-state index in [1.165, 1.54) is 5.69 Å². The van der Waals surface area contributed by atoms with Crippen molar-refractivity contribution < 1.29 is 0 Å². The summed E-state index contributed by atoms with van der Waals surface area (Å²) < 4.78 is 2.23. The van der Waals surface area contributed by atoms with Gasteiger partial charge >= 0.3 is 0 Å². The Kier molecular flexibility index (Phi) is 2.05. The molecule has 0 bridgehead atoms. The minimum Gasteiger partial charge on any atom is -0.355 e. The van der Waals surface area contributed by atoms with Crippen LogP contribution in [-0.2, 0) is 12.0 Å². The van der Waals surface area contributed by atoms with Crippen LogP contribution in [0, 0.1) is 5.92 Å². The molecule has 3 nitrogen and oxygen atoms in total. The van der Waals surface area contributed by atoms with E-state index >= 15 is 0 Å². The average molecular weight is 193 g/mol. The van der Waals surface area contributed by atoms with Crippen molar-refractivity contribution in [3.8, 4) is 0 Å². The van der Waals surface area contributed by atoms with Crippen LogP contribution in [0.15, 0.2) is 6.20 Å². The Labute approximate surface area is 85.5 Å². The van der Waals surface area contributed by atoms with Gasteiger partial charge in [0, 0.05) is 24.7 Å². The van der Waals surface area contributed by atoms with Gasteiger partial charge in [0.05, 0.1) is 5.69 Å². The van der Waals surface area contributed by atoms with Crippen molar-refractivity contribution in [1.29, 1.82) is 0 Å². The zero-order chi connectivity index (χ0) is 10.3. The number of anilines is 1. The van der Waals surface area contributed by atoms with Gasteiger partial charge in [0.1, 0.15) is 0 Å². The smallest absolute Gasteiger partial charge is 0.203 e. The molecule has 0 spiro atoms. The fourth-order valence-electron chi connectivity index (χ4n) is 1.72. The van der Waals surface area contributed by atoms with Crippen LogP contribution in [-0.4, -0.2) is 16.1 Å². The van der Waals surface area contributed by atoms with Gasteiger partial charge in [0.2, 0.25) is 5.95 Å². The van der Waals surface area contributed by atoms with Crippen molar-refractivity contribution in [3.05, 3.63) is 11.9 Å². The van der Waals surface area contributed by atoms with Gasteiger partial charge in [-0.1, -0.05) is 27.7 Å². The molecule has 2 rings (SSSR count). The molecule has 1 aliphatic rings. The number of hydrogen-bond acceptors (Lipinski definition) is 2. The summed E-state index contributed by atoms with van der Waals surface area (Å²) in [7, 11) is 0. The second kappa shape index (κ2) is 3.01. The summed E-state index contributed by atoms with van der Waals surface area (Å²) in [6.07, 6.45) is 2.18. The Balaban J connectivity index is 2.32. The highest BCUT2D eigenvalue weighted by Gasteiger charge is 2.22. The van der Waals surface area contributed by atoms with Crippen LogP contribution >= 0.6 is 0 Å². The summed E-state index contributed by atoms with van der Waals surface area (Å²) in [5.41, 5.74) is 1.32. The van der Waals surface area contributed by atoms with E-state index in [2.05, 4.69) is 48.8 Å². The topological polar surface area (TPSA) is 29.9 Å². The zero-order valence-electron chi connectivity index (χ0n) is 9.46. The molecule has 1 unspecified atom stereocenters. The fraction of sp³-hybridized carbons (Fsp3) is 0.727. The van der Waals surface area contributed by atoms with Gasteiger partial charge < -0.3 is 9.88 Å². The van der Waals surface area contributed by atoms with Crippen LogP contribution in [0.1, 0.15) is 33.4 Å². The molecular formula is C11H19N3. The van der Waals surface area contributed by atoms with Crippen LogP contribution in [0.5, 0.6) is 0 Å². The van der Waals surface area contributed by atoms with Gasteiger partial charge in [-0.05, 0) is 5.92 Å².